The second kappa shape index (κ2) is 8.26. The van der Waals surface area contributed by atoms with Crippen LogP contribution in [0.4, 0.5) is 11.4 Å². The number of carbonyl (C=O) groups is 1. The minimum absolute atomic E-state index is 0.155. The molecule has 3 aromatic rings. The molecule has 0 atom stereocenters. The molecule has 0 spiro atoms. The van der Waals surface area contributed by atoms with Gasteiger partial charge in [-0.2, -0.15) is 0 Å². The van der Waals surface area contributed by atoms with E-state index in [1.165, 1.54) is 0 Å². The molecule has 1 aromatic heterocycles. The Morgan fingerprint density at radius 3 is 2.52 bits per heavy atom. The van der Waals surface area contributed by atoms with Gasteiger partial charge in [-0.25, -0.2) is 0 Å². The average Bonchev–Trinajstić information content (AvgIpc) is 3.16. The van der Waals surface area contributed by atoms with Crippen LogP contribution >= 0.6 is 11.3 Å². The van der Waals surface area contributed by atoms with Gasteiger partial charge in [0, 0.05) is 22.3 Å². The zero-order chi connectivity index (χ0) is 17.5. The summed E-state index contributed by atoms with van der Waals surface area (Å²) in [7, 11) is 0. The van der Waals surface area contributed by atoms with Crippen LogP contribution in [0, 0.1) is 0 Å². The van der Waals surface area contributed by atoms with Gasteiger partial charge < -0.3 is 10.1 Å². The first kappa shape index (κ1) is 16.9. The molecule has 0 saturated carbocycles. The van der Waals surface area contributed by atoms with Crippen LogP contribution in [0.25, 0.3) is 0 Å². The molecule has 5 heteroatoms. The summed E-state index contributed by atoms with van der Waals surface area (Å²) in [6.07, 6.45) is 1.82. The number of rotatable bonds is 6. The van der Waals surface area contributed by atoms with Crippen molar-refractivity contribution in [1.29, 1.82) is 0 Å². The van der Waals surface area contributed by atoms with Crippen molar-refractivity contribution in [2.45, 2.75) is 6.92 Å². The summed E-state index contributed by atoms with van der Waals surface area (Å²) in [5, 5.41) is 4.88. The predicted molar refractivity (Wildman–Crippen MR) is 104 cm³/mol. The molecule has 1 N–H and O–H groups in total. The zero-order valence-corrected chi connectivity index (χ0v) is 14.6. The van der Waals surface area contributed by atoms with E-state index < -0.39 is 0 Å². The fourth-order valence-corrected chi connectivity index (χ4v) is 2.79. The number of hydrogen-bond acceptors (Lipinski definition) is 4. The maximum Gasteiger partial charge on any atom is 0.255 e. The molecule has 0 bridgehead atoms. The molecule has 2 aromatic carbocycles. The molecule has 1 heterocycles. The summed E-state index contributed by atoms with van der Waals surface area (Å²) < 4.78 is 5.39. The van der Waals surface area contributed by atoms with Crippen LogP contribution in [0.5, 0.6) is 5.75 Å². The van der Waals surface area contributed by atoms with Crippen LogP contribution in [0.2, 0.25) is 0 Å². The smallest absolute Gasteiger partial charge is 0.255 e. The SMILES string of the molecule is CCOc1ccc(NC(=O)c2ccc(N=Cc3cccs3)cc2)cc1. The van der Waals surface area contributed by atoms with E-state index in [0.29, 0.717) is 12.2 Å². The van der Waals surface area contributed by atoms with Crippen molar-refractivity contribution in [2.24, 2.45) is 4.99 Å². The summed E-state index contributed by atoms with van der Waals surface area (Å²) in [5.41, 5.74) is 2.13. The molecular formula is C20H18N2O2S. The van der Waals surface area contributed by atoms with Gasteiger partial charge in [0.25, 0.3) is 5.91 Å². The molecular weight excluding hydrogens is 332 g/mol. The van der Waals surface area contributed by atoms with Crippen LogP contribution in [-0.4, -0.2) is 18.7 Å². The molecule has 25 heavy (non-hydrogen) atoms. The Balaban J connectivity index is 1.62. The van der Waals surface area contributed by atoms with Crippen molar-refractivity contribution in [1.82, 2.24) is 0 Å². The van der Waals surface area contributed by atoms with Crippen molar-refractivity contribution in [3.05, 3.63) is 76.5 Å². The van der Waals surface area contributed by atoms with E-state index in [1.807, 2.05) is 67.0 Å². The van der Waals surface area contributed by atoms with Gasteiger partial charge in [-0.3, -0.25) is 9.79 Å². The largest absolute Gasteiger partial charge is 0.494 e. The van der Waals surface area contributed by atoms with Crippen LogP contribution in [0.3, 0.4) is 0 Å². The third-order valence-electron chi connectivity index (χ3n) is 3.44. The van der Waals surface area contributed by atoms with E-state index in [1.54, 1.807) is 23.5 Å². The Morgan fingerprint density at radius 2 is 1.88 bits per heavy atom. The Labute approximate surface area is 150 Å². The quantitative estimate of drug-likeness (QED) is 0.625. The minimum atomic E-state index is -0.155. The number of aliphatic imine (C=N–C) groups is 1. The molecule has 0 saturated heterocycles. The Morgan fingerprint density at radius 1 is 1.12 bits per heavy atom. The lowest BCUT2D eigenvalue weighted by Gasteiger charge is -2.07. The highest BCUT2D eigenvalue weighted by Gasteiger charge is 2.06. The van der Waals surface area contributed by atoms with Crippen molar-refractivity contribution < 1.29 is 9.53 Å². The summed E-state index contributed by atoms with van der Waals surface area (Å²) in [6, 6.07) is 18.5. The van der Waals surface area contributed by atoms with E-state index in [2.05, 4.69) is 10.3 Å². The Kier molecular flexibility index (Phi) is 5.59. The molecule has 126 valence electrons. The van der Waals surface area contributed by atoms with Crippen molar-refractivity contribution >= 4 is 34.8 Å². The molecule has 0 aliphatic rings. The molecule has 0 aliphatic heterocycles. The summed E-state index contributed by atoms with van der Waals surface area (Å²) in [6.45, 7) is 2.55. The maximum atomic E-state index is 12.3. The summed E-state index contributed by atoms with van der Waals surface area (Å²) in [5.74, 6) is 0.631. The van der Waals surface area contributed by atoms with Gasteiger partial charge in [-0.1, -0.05) is 6.07 Å². The van der Waals surface area contributed by atoms with Crippen LogP contribution < -0.4 is 10.1 Å². The van der Waals surface area contributed by atoms with Gasteiger partial charge in [0.05, 0.1) is 12.3 Å². The minimum Gasteiger partial charge on any atom is -0.494 e. The monoisotopic (exact) mass is 350 g/mol. The number of nitrogens with one attached hydrogen (secondary N) is 1. The van der Waals surface area contributed by atoms with E-state index in [9.17, 15) is 4.79 Å². The number of hydrogen-bond donors (Lipinski definition) is 1. The van der Waals surface area contributed by atoms with E-state index in [0.717, 1.165) is 22.0 Å². The first-order valence-corrected chi connectivity index (χ1v) is 8.84. The van der Waals surface area contributed by atoms with Crippen LogP contribution in [0.1, 0.15) is 22.2 Å². The maximum absolute atomic E-state index is 12.3. The lowest BCUT2D eigenvalue weighted by Crippen LogP contribution is -2.11. The lowest BCUT2D eigenvalue weighted by molar-refractivity contribution is 0.102. The molecule has 4 nitrogen and oxygen atoms in total. The second-order valence-corrected chi connectivity index (χ2v) is 6.21. The number of ether oxygens (including phenoxy) is 1. The van der Waals surface area contributed by atoms with Crippen molar-refractivity contribution in [3.8, 4) is 5.75 Å². The van der Waals surface area contributed by atoms with Gasteiger partial charge in [0.15, 0.2) is 0 Å². The number of anilines is 1. The fourth-order valence-electron chi connectivity index (χ4n) is 2.21. The number of amides is 1. The predicted octanol–water partition coefficient (Wildman–Crippen LogP) is 5.15. The normalized spacial score (nSPS) is 10.8. The zero-order valence-electron chi connectivity index (χ0n) is 13.8. The molecule has 3 rings (SSSR count). The highest BCUT2D eigenvalue weighted by atomic mass is 32.1. The number of nitrogens with zero attached hydrogens (tertiary/aromatic N) is 1. The van der Waals surface area contributed by atoms with Crippen LogP contribution in [0.15, 0.2) is 71.0 Å². The molecule has 0 unspecified atom stereocenters. The van der Waals surface area contributed by atoms with Gasteiger partial charge in [0.1, 0.15) is 5.75 Å². The first-order chi connectivity index (χ1) is 12.2. The number of carbonyl (C=O) groups excluding carboxylic acids is 1. The Hall–Kier alpha value is -2.92. The number of thiophene rings is 1. The van der Waals surface area contributed by atoms with Crippen molar-refractivity contribution in [3.63, 3.8) is 0 Å². The van der Waals surface area contributed by atoms with E-state index >= 15 is 0 Å². The van der Waals surface area contributed by atoms with E-state index in [4.69, 9.17) is 4.74 Å². The molecule has 0 radical (unpaired) electrons. The highest BCUT2D eigenvalue weighted by Crippen LogP contribution is 2.18. The number of benzene rings is 2. The van der Waals surface area contributed by atoms with Crippen LogP contribution in [-0.2, 0) is 0 Å². The van der Waals surface area contributed by atoms with Crippen molar-refractivity contribution in [2.75, 3.05) is 11.9 Å². The summed E-state index contributed by atoms with van der Waals surface area (Å²) >= 11 is 1.63. The average molecular weight is 350 g/mol. The molecule has 0 aliphatic carbocycles. The topological polar surface area (TPSA) is 50.7 Å². The third kappa shape index (κ3) is 4.78. The van der Waals surface area contributed by atoms with Gasteiger partial charge in [-0.15, -0.1) is 11.3 Å². The fraction of sp³-hybridized carbons (Fsp3) is 0.100. The second-order valence-electron chi connectivity index (χ2n) is 5.23. The molecule has 1 amide bonds. The Bertz CT molecular complexity index is 838. The lowest BCUT2D eigenvalue weighted by atomic mass is 10.2. The summed E-state index contributed by atoms with van der Waals surface area (Å²) in [4.78, 5) is 17.8. The first-order valence-electron chi connectivity index (χ1n) is 7.96. The van der Waals surface area contributed by atoms with Gasteiger partial charge in [0.2, 0.25) is 0 Å². The van der Waals surface area contributed by atoms with Gasteiger partial charge >= 0.3 is 0 Å². The third-order valence-corrected chi connectivity index (χ3v) is 4.24. The van der Waals surface area contributed by atoms with E-state index in [-0.39, 0.29) is 5.91 Å². The van der Waals surface area contributed by atoms with Gasteiger partial charge in [-0.05, 0) is 66.9 Å². The highest BCUT2D eigenvalue weighted by molar-refractivity contribution is 7.11. The molecule has 0 fully saturated rings. The standard InChI is InChI=1S/C20H18N2O2S/c1-2-24-18-11-9-17(10-12-18)22-20(23)15-5-7-16(8-6-15)21-14-19-4-3-13-25-19/h3-14H,2H2,1H3,(H,22,23).